The van der Waals surface area contributed by atoms with E-state index in [1.165, 1.54) is 0 Å². The van der Waals surface area contributed by atoms with Crippen molar-refractivity contribution in [2.24, 2.45) is 7.05 Å². The number of anilines is 1. The molecule has 1 amide bonds. The van der Waals surface area contributed by atoms with Crippen molar-refractivity contribution >= 4 is 22.6 Å². The molecule has 0 bridgehead atoms. The van der Waals surface area contributed by atoms with E-state index in [4.69, 9.17) is 14.5 Å². The molecule has 7 nitrogen and oxygen atoms in total. The molecule has 0 saturated heterocycles. The number of amides is 1. The van der Waals surface area contributed by atoms with Crippen molar-refractivity contribution in [1.82, 2.24) is 14.8 Å². The molecule has 4 aromatic rings. The number of carbonyl (C=O) groups excluding carboxylic acids is 1. The average molecular weight is 402 g/mol. The van der Waals surface area contributed by atoms with Crippen LogP contribution in [0.3, 0.4) is 0 Å². The predicted molar refractivity (Wildman–Crippen MR) is 116 cm³/mol. The molecule has 2 aromatic carbocycles. The summed E-state index contributed by atoms with van der Waals surface area (Å²) in [7, 11) is 5.01. The maximum absolute atomic E-state index is 13.3. The van der Waals surface area contributed by atoms with E-state index in [1.54, 1.807) is 37.1 Å². The number of pyridine rings is 1. The van der Waals surface area contributed by atoms with E-state index in [0.717, 1.165) is 22.4 Å². The Morgan fingerprint density at radius 3 is 2.60 bits per heavy atom. The lowest BCUT2D eigenvalue weighted by molar-refractivity contribution is 0.102. The SMILES string of the molecule is COc1cccc(-c2cc(C(=O)Nc3ccccc3OC)c3c(C)nn(C)c3n2)c1. The number of nitrogens with one attached hydrogen (secondary N) is 1. The molecule has 152 valence electrons. The maximum Gasteiger partial charge on any atom is 0.256 e. The van der Waals surface area contributed by atoms with Crippen LogP contribution in [0.25, 0.3) is 22.3 Å². The maximum atomic E-state index is 13.3. The molecule has 0 spiro atoms. The number of fused-ring (bicyclic) bond motifs is 1. The van der Waals surface area contributed by atoms with Crippen LogP contribution in [0.5, 0.6) is 11.5 Å². The number of benzene rings is 2. The Morgan fingerprint density at radius 2 is 1.83 bits per heavy atom. The normalized spacial score (nSPS) is 10.8. The molecule has 0 atom stereocenters. The second-order valence-electron chi connectivity index (χ2n) is 6.85. The number of ether oxygens (including phenoxy) is 2. The van der Waals surface area contributed by atoms with Gasteiger partial charge in [-0.1, -0.05) is 24.3 Å². The highest BCUT2D eigenvalue weighted by Gasteiger charge is 2.20. The zero-order chi connectivity index (χ0) is 21.3. The minimum Gasteiger partial charge on any atom is -0.497 e. The van der Waals surface area contributed by atoms with Crippen molar-refractivity contribution in [3.8, 4) is 22.8 Å². The van der Waals surface area contributed by atoms with Gasteiger partial charge in [0.05, 0.1) is 42.2 Å². The number of hydrogen-bond acceptors (Lipinski definition) is 5. The highest BCUT2D eigenvalue weighted by atomic mass is 16.5. The Balaban J connectivity index is 1.86. The lowest BCUT2D eigenvalue weighted by atomic mass is 10.0. The van der Waals surface area contributed by atoms with Gasteiger partial charge >= 0.3 is 0 Å². The second kappa shape index (κ2) is 7.87. The van der Waals surface area contributed by atoms with Gasteiger partial charge in [-0.15, -0.1) is 0 Å². The number of aromatic nitrogens is 3. The van der Waals surface area contributed by atoms with Crippen LogP contribution < -0.4 is 14.8 Å². The summed E-state index contributed by atoms with van der Waals surface area (Å²) in [5.74, 6) is 1.05. The standard InChI is InChI=1S/C23H22N4O3/c1-14-21-17(23(28)25-18-10-5-6-11-20(18)30-4)13-19(24-22(21)27(2)26-14)15-8-7-9-16(12-15)29-3/h5-13H,1-4H3,(H,25,28). The van der Waals surface area contributed by atoms with Gasteiger partial charge in [0.15, 0.2) is 5.65 Å². The van der Waals surface area contributed by atoms with Gasteiger partial charge < -0.3 is 14.8 Å². The highest BCUT2D eigenvalue weighted by Crippen LogP contribution is 2.30. The molecule has 4 rings (SSSR count). The number of carbonyl (C=O) groups is 1. The van der Waals surface area contributed by atoms with Gasteiger partial charge in [0.25, 0.3) is 5.91 Å². The topological polar surface area (TPSA) is 78.3 Å². The lowest BCUT2D eigenvalue weighted by Gasteiger charge is -2.12. The average Bonchev–Trinajstić information content (AvgIpc) is 3.07. The second-order valence-corrected chi connectivity index (χ2v) is 6.85. The summed E-state index contributed by atoms with van der Waals surface area (Å²) in [4.78, 5) is 18.1. The number of hydrogen-bond donors (Lipinski definition) is 1. The molecule has 30 heavy (non-hydrogen) atoms. The van der Waals surface area contributed by atoms with E-state index >= 15 is 0 Å². The van der Waals surface area contributed by atoms with Crippen LogP contribution in [0.2, 0.25) is 0 Å². The van der Waals surface area contributed by atoms with Crippen LogP contribution in [-0.4, -0.2) is 34.9 Å². The fraction of sp³-hybridized carbons (Fsp3) is 0.174. The Labute approximate surface area is 174 Å². The smallest absolute Gasteiger partial charge is 0.256 e. The Bertz CT molecular complexity index is 1250. The van der Waals surface area contributed by atoms with Crippen LogP contribution in [0, 0.1) is 6.92 Å². The van der Waals surface area contributed by atoms with E-state index in [-0.39, 0.29) is 5.91 Å². The fourth-order valence-corrected chi connectivity index (χ4v) is 3.49. The van der Waals surface area contributed by atoms with Crippen LogP contribution in [0.15, 0.2) is 54.6 Å². The molecule has 0 aliphatic carbocycles. The first kappa shape index (κ1) is 19.4. The van der Waals surface area contributed by atoms with Gasteiger partial charge in [0, 0.05) is 12.6 Å². The van der Waals surface area contributed by atoms with Crippen LogP contribution in [0.1, 0.15) is 16.1 Å². The van der Waals surface area contributed by atoms with Crippen molar-refractivity contribution in [3.63, 3.8) is 0 Å². The molecule has 0 fully saturated rings. The molecule has 2 aromatic heterocycles. The van der Waals surface area contributed by atoms with Crippen molar-refractivity contribution < 1.29 is 14.3 Å². The first-order valence-electron chi connectivity index (χ1n) is 9.45. The van der Waals surface area contributed by atoms with Gasteiger partial charge in [0.2, 0.25) is 0 Å². The molecule has 0 unspecified atom stereocenters. The predicted octanol–water partition coefficient (Wildman–Crippen LogP) is 4.21. The van der Waals surface area contributed by atoms with Gasteiger partial charge in [-0.25, -0.2) is 4.98 Å². The lowest BCUT2D eigenvalue weighted by Crippen LogP contribution is -2.14. The monoisotopic (exact) mass is 402 g/mol. The minimum atomic E-state index is -0.257. The summed E-state index contributed by atoms with van der Waals surface area (Å²) < 4.78 is 12.4. The van der Waals surface area contributed by atoms with Gasteiger partial charge in [-0.3, -0.25) is 9.48 Å². The van der Waals surface area contributed by atoms with Crippen LogP contribution in [0.4, 0.5) is 5.69 Å². The third-order valence-corrected chi connectivity index (χ3v) is 4.93. The number of para-hydroxylation sites is 2. The first-order valence-corrected chi connectivity index (χ1v) is 9.45. The Kier molecular flexibility index (Phi) is 5.10. The number of aryl methyl sites for hydroxylation is 2. The molecular weight excluding hydrogens is 380 g/mol. The van der Waals surface area contributed by atoms with Crippen molar-refractivity contribution in [2.75, 3.05) is 19.5 Å². The van der Waals surface area contributed by atoms with Gasteiger partial charge in [-0.2, -0.15) is 5.10 Å². The molecular formula is C23H22N4O3. The first-order chi connectivity index (χ1) is 14.5. The largest absolute Gasteiger partial charge is 0.497 e. The summed E-state index contributed by atoms with van der Waals surface area (Å²) in [5.41, 5.74) is 3.98. The fourth-order valence-electron chi connectivity index (χ4n) is 3.49. The quantitative estimate of drug-likeness (QED) is 0.541. The zero-order valence-electron chi connectivity index (χ0n) is 17.3. The van der Waals surface area contributed by atoms with E-state index in [2.05, 4.69) is 10.4 Å². The number of rotatable bonds is 5. The van der Waals surface area contributed by atoms with E-state index in [9.17, 15) is 4.79 Å². The Hall–Kier alpha value is -3.87. The summed E-state index contributed by atoms with van der Waals surface area (Å²) in [6.07, 6.45) is 0. The van der Waals surface area contributed by atoms with Crippen molar-refractivity contribution in [1.29, 1.82) is 0 Å². The molecule has 0 aliphatic rings. The van der Waals surface area contributed by atoms with Crippen molar-refractivity contribution in [3.05, 3.63) is 65.9 Å². The highest BCUT2D eigenvalue weighted by molar-refractivity contribution is 6.13. The molecule has 0 saturated carbocycles. The molecule has 0 aliphatic heterocycles. The summed E-state index contributed by atoms with van der Waals surface area (Å²) in [5, 5.41) is 8.14. The molecule has 7 heteroatoms. The number of methoxy groups -OCH3 is 2. The Morgan fingerprint density at radius 1 is 1.03 bits per heavy atom. The summed E-state index contributed by atoms with van der Waals surface area (Å²) >= 11 is 0. The van der Waals surface area contributed by atoms with Crippen molar-refractivity contribution in [2.45, 2.75) is 6.92 Å². The summed E-state index contributed by atoms with van der Waals surface area (Å²) in [6.45, 7) is 1.87. The third kappa shape index (κ3) is 3.45. The van der Waals surface area contributed by atoms with Gasteiger partial charge in [-0.05, 0) is 37.3 Å². The van der Waals surface area contributed by atoms with E-state index in [1.807, 2.05) is 50.4 Å². The van der Waals surface area contributed by atoms with E-state index in [0.29, 0.717) is 28.3 Å². The summed E-state index contributed by atoms with van der Waals surface area (Å²) in [6, 6.07) is 16.7. The molecule has 2 heterocycles. The van der Waals surface area contributed by atoms with Crippen LogP contribution in [-0.2, 0) is 7.05 Å². The number of nitrogens with zero attached hydrogens (tertiary/aromatic N) is 3. The molecule has 0 radical (unpaired) electrons. The van der Waals surface area contributed by atoms with Crippen LogP contribution >= 0.6 is 0 Å². The van der Waals surface area contributed by atoms with Gasteiger partial charge in [0.1, 0.15) is 11.5 Å². The zero-order valence-corrected chi connectivity index (χ0v) is 17.3. The minimum absolute atomic E-state index is 0.257. The van der Waals surface area contributed by atoms with E-state index < -0.39 is 0 Å². The molecule has 1 N–H and O–H groups in total. The third-order valence-electron chi connectivity index (χ3n) is 4.93.